The number of anilines is 2. The molecule has 0 aliphatic heterocycles. The van der Waals surface area contributed by atoms with E-state index in [9.17, 15) is 0 Å². The average Bonchev–Trinajstić information content (AvgIpc) is 2.43. The van der Waals surface area contributed by atoms with E-state index in [1.165, 1.54) is 11.3 Å². The van der Waals surface area contributed by atoms with Crippen LogP contribution < -0.4 is 10.2 Å². The minimum absolute atomic E-state index is 0.128. The van der Waals surface area contributed by atoms with E-state index in [-0.39, 0.29) is 6.04 Å². The lowest BCUT2D eigenvalue weighted by atomic mass is 10.1. The van der Waals surface area contributed by atoms with Crippen molar-refractivity contribution < 1.29 is 0 Å². The summed E-state index contributed by atoms with van der Waals surface area (Å²) in [6.45, 7) is 2.09. The molecular formula is C16H18Cl2N2. The number of rotatable bonds is 4. The molecule has 4 heteroatoms. The van der Waals surface area contributed by atoms with Crippen molar-refractivity contribution in [3.63, 3.8) is 0 Å². The zero-order chi connectivity index (χ0) is 14.7. The summed E-state index contributed by atoms with van der Waals surface area (Å²) >= 11 is 12.3. The van der Waals surface area contributed by atoms with Crippen LogP contribution in [0.1, 0.15) is 18.5 Å². The number of hydrogen-bond donors (Lipinski definition) is 1. The molecule has 0 heterocycles. The first-order valence-corrected chi connectivity index (χ1v) is 7.22. The summed E-state index contributed by atoms with van der Waals surface area (Å²) in [5.41, 5.74) is 3.14. The third-order valence-corrected chi connectivity index (χ3v) is 3.86. The van der Waals surface area contributed by atoms with E-state index in [2.05, 4.69) is 41.4 Å². The van der Waals surface area contributed by atoms with E-state index in [0.29, 0.717) is 10.0 Å². The summed E-state index contributed by atoms with van der Waals surface area (Å²) in [7, 11) is 4.06. The average molecular weight is 309 g/mol. The van der Waals surface area contributed by atoms with Gasteiger partial charge in [-0.2, -0.15) is 0 Å². The van der Waals surface area contributed by atoms with Gasteiger partial charge in [0.2, 0.25) is 0 Å². The van der Waals surface area contributed by atoms with Crippen molar-refractivity contribution in [2.24, 2.45) is 0 Å². The SMILES string of the molecule is CC(Nc1c(Cl)cccc1Cl)c1ccc(N(C)C)cc1. The van der Waals surface area contributed by atoms with Crippen LogP contribution in [-0.2, 0) is 0 Å². The Bertz CT molecular complexity index is 559. The Hall–Kier alpha value is -1.38. The molecule has 0 amide bonds. The highest BCUT2D eigenvalue weighted by atomic mass is 35.5. The highest BCUT2D eigenvalue weighted by Crippen LogP contribution is 2.33. The van der Waals surface area contributed by atoms with Crippen molar-refractivity contribution in [3.8, 4) is 0 Å². The largest absolute Gasteiger partial charge is 0.378 e. The highest BCUT2D eigenvalue weighted by Gasteiger charge is 2.10. The number of nitrogens with one attached hydrogen (secondary N) is 1. The first-order chi connectivity index (χ1) is 9.49. The number of benzene rings is 2. The Balaban J connectivity index is 2.17. The first kappa shape index (κ1) is 15.0. The van der Waals surface area contributed by atoms with Crippen LogP contribution in [0.5, 0.6) is 0 Å². The van der Waals surface area contributed by atoms with Gasteiger partial charge in [0.25, 0.3) is 0 Å². The molecule has 1 atom stereocenters. The molecule has 0 fully saturated rings. The van der Waals surface area contributed by atoms with E-state index in [4.69, 9.17) is 23.2 Å². The lowest BCUT2D eigenvalue weighted by Gasteiger charge is -2.19. The molecule has 0 radical (unpaired) electrons. The molecule has 0 spiro atoms. The van der Waals surface area contributed by atoms with E-state index in [0.717, 1.165) is 5.69 Å². The molecule has 0 saturated carbocycles. The van der Waals surface area contributed by atoms with Crippen LogP contribution in [0, 0.1) is 0 Å². The lowest BCUT2D eigenvalue weighted by Crippen LogP contribution is -2.10. The zero-order valence-electron chi connectivity index (χ0n) is 11.8. The second-order valence-corrected chi connectivity index (χ2v) is 5.76. The lowest BCUT2D eigenvalue weighted by molar-refractivity contribution is 0.884. The molecule has 0 aliphatic carbocycles. The zero-order valence-corrected chi connectivity index (χ0v) is 13.3. The van der Waals surface area contributed by atoms with Crippen LogP contribution in [0.3, 0.4) is 0 Å². The van der Waals surface area contributed by atoms with Gasteiger partial charge in [0, 0.05) is 25.8 Å². The fourth-order valence-corrected chi connectivity index (χ4v) is 2.50. The molecule has 0 aromatic heterocycles. The molecule has 0 bridgehead atoms. The Labute approximate surface area is 130 Å². The van der Waals surface area contributed by atoms with Gasteiger partial charge < -0.3 is 10.2 Å². The second-order valence-electron chi connectivity index (χ2n) is 4.95. The van der Waals surface area contributed by atoms with Gasteiger partial charge in [-0.15, -0.1) is 0 Å². The van der Waals surface area contributed by atoms with Crippen LogP contribution in [0.25, 0.3) is 0 Å². The molecule has 1 N–H and O–H groups in total. The Morgan fingerprint density at radius 2 is 1.50 bits per heavy atom. The third kappa shape index (κ3) is 3.38. The van der Waals surface area contributed by atoms with Crippen LogP contribution in [0.4, 0.5) is 11.4 Å². The predicted octanol–water partition coefficient (Wildman–Crippen LogP) is 5.23. The molecule has 2 nitrogen and oxygen atoms in total. The molecule has 0 saturated heterocycles. The van der Waals surface area contributed by atoms with Gasteiger partial charge in [-0.25, -0.2) is 0 Å². The quantitative estimate of drug-likeness (QED) is 0.831. The summed E-state index contributed by atoms with van der Waals surface area (Å²) in [5.74, 6) is 0. The van der Waals surface area contributed by atoms with Crippen molar-refractivity contribution >= 4 is 34.6 Å². The Morgan fingerprint density at radius 3 is 2.00 bits per heavy atom. The maximum Gasteiger partial charge on any atom is 0.0723 e. The van der Waals surface area contributed by atoms with Gasteiger partial charge in [0.05, 0.1) is 15.7 Å². The summed E-state index contributed by atoms with van der Waals surface area (Å²) in [6.07, 6.45) is 0. The molecule has 1 unspecified atom stereocenters. The van der Waals surface area contributed by atoms with E-state index >= 15 is 0 Å². The fraction of sp³-hybridized carbons (Fsp3) is 0.250. The monoisotopic (exact) mass is 308 g/mol. The number of nitrogens with zero attached hydrogens (tertiary/aromatic N) is 1. The van der Waals surface area contributed by atoms with Gasteiger partial charge >= 0.3 is 0 Å². The second kappa shape index (κ2) is 6.38. The summed E-state index contributed by atoms with van der Waals surface area (Å²) in [4.78, 5) is 2.08. The van der Waals surface area contributed by atoms with Crippen LogP contribution >= 0.6 is 23.2 Å². The van der Waals surface area contributed by atoms with Crippen molar-refractivity contribution in [2.75, 3.05) is 24.3 Å². The van der Waals surface area contributed by atoms with E-state index < -0.39 is 0 Å². The Kier molecular flexibility index (Phi) is 4.79. The normalized spacial score (nSPS) is 12.1. The summed E-state index contributed by atoms with van der Waals surface area (Å²) < 4.78 is 0. The topological polar surface area (TPSA) is 15.3 Å². The molecule has 20 heavy (non-hydrogen) atoms. The van der Waals surface area contributed by atoms with Gasteiger partial charge in [0.15, 0.2) is 0 Å². The first-order valence-electron chi connectivity index (χ1n) is 6.47. The van der Waals surface area contributed by atoms with E-state index in [1.54, 1.807) is 0 Å². The molecular weight excluding hydrogens is 291 g/mol. The number of hydrogen-bond acceptors (Lipinski definition) is 2. The number of halogens is 2. The summed E-state index contributed by atoms with van der Waals surface area (Å²) in [6, 6.07) is 14.0. The molecule has 2 rings (SSSR count). The van der Waals surface area contributed by atoms with Crippen LogP contribution in [0.2, 0.25) is 10.0 Å². The van der Waals surface area contributed by atoms with Crippen LogP contribution in [-0.4, -0.2) is 14.1 Å². The van der Waals surface area contributed by atoms with Gasteiger partial charge in [0.1, 0.15) is 0 Å². The summed E-state index contributed by atoms with van der Waals surface area (Å²) in [5, 5.41) is 4.63. The maximum atomic E-state index is 6.17. The van der Waals surface area contributed by atoms with Crippen molar-refractivity contribution in [2.45, 2.75) is 13.0 Å². The van der Waals surface area contributed by atoms with E-state index in [1.807, 2.05) is 32.3 Å². The smallest absolute Gasteiger partial charge is 0.0723 e. The number of para-hydroxylation sites is 1. The van der Waals surface area contributed by atoms with Gasteiger partial charge in [-0.05, 0) is 36.8 Å². The highest BCUT2D eigenvalue weighted by molar-refractivity contribution is 6.39. The van der Waals surface area contributed by atoms with Crippen molar-refractivity contribution in [1.29, 1.82) is 0 Å². The minimum Gasteiger partial charge on any atom is -0.378 e. The molecule has 106 valence electrons. The predicted molar refractivity (Wildman–Crippen MR) is 89.3 cm³/mol. The Morgan fingerprint density at radius 1 is 0.950 bits per heavy atom. The van der Waals surface area contributed by atoms with Gasteiger partial charge in [-0.3, -0.25) is 0 Å². The van der Waals surface area contributed by atoms with Crippen molar-refractivity contribution in [1.82, 2.24) is 0 Å². The molecule has 2 aromatic carbocycles. The maximum absolute atomic E-state index is 6.17. The van der Waals surface area contributed by atoms with Crippen LogP contribution in [0.15, 0.2) is 42.5 Å². The van der Waals surface area contributed by atoms with Crippen molar-refractivity contribution in [3.05, 3.63) is 58.1 Å². The third-order valence-electron chi connectivity index (χ3n) is 3.23. The standard InChI is InChI=1S/C16H18Cl2N2/c1-11(12-7-9-13(10-8-12)20(2)3)19-16-14(17)5-4-6-15(16)18/h4-11,19H,1-3H3. The molecule has 0 aliphatic rings. The molecule has 2 aromatic rings. The van der Waals surface area contributed by atoms with Gasteiger partial charge in [-0.1, -0.05) is 41.4 Å². The fourth-order valence-electron chi connectivity index (χ4n) is 2.00. The minimum atomic E-state index is 0.128.